The summed E-state index contributed by atoms with van der Waals surface area (Å²) < 4.78 is 12.2. The molecule has 1 aliphatic carbocycles. The lowest BCUT2D eigenvalue weighted by molar-refractivity contribution is -0.103. The molecule has 158 valence electrons. The predicted octanol–water partition coefficient (Wildman–Crippen LogP) is 4.46. The zero-order valence-corrected chi connectivity index (χ0v) is 17.4. The minimum atomic E-state index is 0.210. The van der Waals surface area contributed by atoms with Crippen molar-refractivity contribution in [1.82, 2.24) is 20.3 Å². The van der Waals surface area contributed by atoms with Crippen molar-refractivity contribution in [3.8, 4) is 17.0 Å². The number of hydrogen-bond acceptors (Lipinski definition) is 5. The minimum Gasteiger partial charge on any atom is -0.474 e. The van der Waals surface area contributed by atoms with E-state index < -0.39 is 0 Å². The Morgan fingerprint density at radius 1 is 0.806 bits per heavy atom. The van der Waals surface area contributed by atoms with Gasteiger partial charge in [-0.05, 0) is 49.7 Å². The highest BCUT2D eigenvalue weighted by atomic mass is 16.5. The van der Waals surface area contributed by atoms with Crippen LogP contribution in [0.5, 0.6) is 5.88 Å². The molecule has 31 heavy (non-hydrogen) atoms. The number of rotatable bonds is 5. The summed E-state index contributed by atoms with van der Waals surface area (Å²) in [5.74, 6) is 0.687. The van der Waals surface area contributed by atoms with E-state index in [1.165, 1.54) is 5.39 Å². The van der Waals surface area contributed by atoms with Crippen LogP contribution in [0.1, 0.15) is 25.7 Å². The van der Waals surface area contributed by atoms with Gasteiger partial charge in [-0.15, -0.1) is 0 Å². The molecule has 4 heterocycles. The SMILES string of the molecule is c1cc2[nH]c3cc(-c4ccc(OC5CC(OC6CCNCC6)C5)nc4)ccc3c2cn1. The predicted molar refractivity (Wildman–Crippen MR) is 121 cm³/mol. The molecule has 6 rings (SSSR count). The van der Waals surface area contributed by atoms with Gasteiger partial charge in [0.1, 0.15) is 6.10 Å². The van der Waals surface area contributed by atoms with Gasteiger partial charge in [0.15, 0.2) is 0 Å². The molecule has 1 saturated carbocycles. The highest BCUT2D eigenvalue weighted by Crippen LogP contribution is 2.32. The molecule has 1 aliphatic heterocycles. The molecule has 0 atom stereocenters. The first-order valence-electron chi connectivity index (χ1n) is 11.2. The fraction of sp³-hybridized carbons (Fsp3) is 0.360. The highest BCUT2D eigenvalue weighted by Gasteiger charge is 2.34. The van der Waals surface area contributed by atoms with Gasteiger partial charge in [-0.25, -0.2) is 4.98 Å². The Labute approximate surface area is 181 Å². The van der Waals surface area contributed by atoms with E-state index >= 15 is 0 Å². The second-order valence-electron chi connectivity index (χ2n) is 8.61. The summed E-state index contributed by atoms with van der Waals surface area (Å²) in [6, 6.07) is 12.5. The maximum atomic E-state index is 6.18. The third-order valence-electron chi connectivity index (χ3n) is 6.48. The van der Waals surface area contributed by atoms with E-state index in [0.29, 0.717) is 18.1 Å². The maximum absolute atomic E-state index is 6.18. The van der Waals surface area contributed by atoms with Crippen molar-refractivity contribution in [2.45, 2.75) is 44.0 Å². The molecular formula is C25H26N4O2. The molecule has 2 fully saturated rings. The van der Waals surface area contributed by atoms with Gasteiger partial charge in [0.2, 0.25) is 5.88 Å². The molecule has 0 amide bonds. The molecule has 6 heteroatoms. The topological polar surface area (TPSA) is 72.1 Å². The number of benzene rings is 1. The molecule has 2 N–H and O–H groups in total. The Hall–Kier alpha value is -2.96. The number of ether oxygens (including phenoxy) is 2. The summed E-state index contributed by atoms with van der Waals surface area (Å²) in [6.07, 6.45) is 10.7. The normalized spacial score (nSPS) is 21.9. The lowest BCUT2D eigenvalue weighted by Gasteiger charge is -2.38. The van der Waals surface area contributed by atoms with Crippen molar-refractivity contribution in [3.05, 3.63) is 55.0 Å². The van der Waals surface area contributed by atoms with Crippen molar-refractivity contribution in [2.24, 2.45) is 0 Å². The molecule has 2 aliphatic rings. The average Bonchev–Trinajstić information content (AvgIpc) is 3.17. The number of hydrogen-bond donors (Lipinski definition) is 2. The van der Waals surface area contributed by atoms with Gasteiger partial charge in [0.25, 0.3) is 0 Å². The van der Waals surface area contributed by atoms with Crippen LogP contribution in [-0.2, 0) is 4.74 Å². The Morgan fingerprint density at radius 3 is 2.52 bits per heavy atom. The van der Waals surface area contributed by atoms with Crippen LogP contribution in [0.4, 0.5) is 0 Å². The molecule has 4 aromatic rings. The van der Waals surface area contributed by atoms with Gasteiger partial charge in [-0.2, -0.15) is 0 Å². The second kappa shape index (κ2) is 7.94. The summed E-state index contributed by atoms with van der Waals surface area (Å²) in [5.41, 5.74) is 4.42. The van der Waals surface area contributed by atoms with Crippen LogP contribution < -0.4 is 10.1 Å². The Bertz CT molecular complexity index is 1190. The number of pyridine rings is 2. The van der Waals surface area contributed by atoms with Crippen molar-refractivity contribution in [3.63, 3.8) is 0 Å². The lowest BCUT2D eigenvalue weighted by atomic mass is 9.91. The van der Waals surface area contributed by atoms with Gasteiger partial charge in [0.05, 0.1) is 12.2 Å². The fourth-order valence-electron chi connectivity index (χ4n) is 4.65. The third kappa shape index (κ3) is 3.77. The number of fused-ring (bicyclic) bond motifs is 3. The first-order valence-corrected chi connectivity index (χ1v) is 11.2. The molecule has 0 unspecified atom stereocenters. The highest BCUT2D eigenvalue weighted by molar-refractivity contribution is 6.07. The summed E-state index contributed by atoms with van der Waals surface area (Å²) >= 11 is 0. The van der Waals surface area contributed by atoms with E-state index in [0.717, 1.165) is 66.3 Å². The van der Waals surface area contributed by atoms with Gasteiger partial charge >= 0.3 is 0 Å². The lowest BCUT2D eigenvalue weighted by Crippen LogP contribution is -2.43. The molecule has 1 aromatic carbocycles. The number of nitrogens with one attached hydrogen (secondary N) is 2. The van der Waals surface area contributed by atoms with E-state index in [1.807, 2.05) is 30.7 Å². The van der Waals surface area contributed by atoms with E-state index in [9.17, 15) is 0 Å². The van der Waals surface area contributed by atoms with Crippen LogP contribution in [0.25, 0.3) is 32.9 Å². The summed E-state index contributed by atoms with van der Waals surface area (Å²) in [6.45, 7) is 2.13. The Kier molecular flexibility index (Phi) is 4.81. The zero-order chi connectivity index (χ0) is 20.6. The first kappa shape index (κ1) is 18.8. The van der Waals surface area contributed by atoms with Crippen LogP contribution in [0.15, 0.2) is 55.0 Å². The maximum Gasteiger partial charge on any atom is 0.213 e. The van der Waals surface area contributed by atoms with Gasteiger partial charge in [-0.3, -0.25) is 4.98 Å². The number of aromatic amines is 1. The van der Waals surface area contributed by atoms with Crippen LogP contribution >= 0.6 is 0 Å². The zero-order valence-electron chi connectivity index (χ0n) is 17.4. The largest absolute Gasteiger partial charge is 0.474 e. The fourth-order valence-corrected chi connectivity index (χ4v) is 4.65. The molecular weight excluding hydrogens is 388 g/mol. The van der Waals surface area contributed by atoms with Crippen LogP contribution in [0.3, 0.4) is 0 Å². The van der Waals surface area contributed by atoms with Gasteiger partial charge in [0, 0.05) is 64.9 Å². The van der Waals surface area contributed by atoms with E-state index in [-0.39, 0.29) is 6.10 Å². The number of piperidine rings is 1. The second-order valence-corrected chi connectivity index (χ2v) is 8.61. The van der Waals surface area contributed by atoms with Crippen LogP contribution in [0, 0.1) is 0 Å². The minimum absolute atomic E-state index is 0.210. The summed E-state index contributed by atoms with van der Waals surface area (Å²) in [5, 5.41) is 5.71. The molecule has 0 radical (unpaired) electrons. The van der Waals surface area contributed by atoms with Crippen LogP contribution in [0.2, 0.25) is 0 Å². The van der Waals surface area contributed by atoms with E-state index in [2.05, 4.69) is 44.5 Å². The monoisotopic (exact) mass is 414 g/mol. The smallest absolute Gasteiger partial charge is 0.213 e. The Balaban J connectivity index is 1.10. The average molecular weight is 415 g/mol. The number of H-pyrrole nitrogens is 1. The van der Waals surface area contributed by atoms with Gasteiger partial charge < -0.3 is 19.8 Å². The van der Waals surface area contributed by atoms with E-state index in [1.54, 1.807) is 0 Å². The van der Waals surface area contributed by atoms with Crippen molar-refractivity contribution < 1.29 is 9.47 Å². The molecule has 0 spiro atoms. The molecule has 3 aromatic heterocycles. The molecule has 1 saturated heterocycles. The van der Waals surface area contributed by atoms with E-state index in [4.69, 9.17) is 9.47 Å². The van der Waals surface area contributed by atoms with Crippen LogP contribution in [-0.4, -0.2) is 46.4 Å². The van der Waals surface area contributed by atoms with Crippen molar-refractivity contribution in [2.75, 3.05) is 13.1 Å². The summed E-state index contributed by atoms with van der Waals surface area (Å²) in [4.78, 5) is 12.3. The quantitative estimate of drug-likeness (QED) is 0.505. The van der Waals surface area contributed by atoms with Crippen molar-refractivity contribution in [1.29, 1.82) is 0 Å². The molecule has 6 nitrogen and oxygen atoms in total. The first-order chi connectivity index (χ1) is 15.3. The van der Waals surface area contributed by atoms with Crippen molar-refractivity contribution >= 4 is 21.8 Å². The van der Waals surface area contributed by atoms with Gasteiger partial charge in [-0.1, -0.05) is 12.1 Å². The number of nitrogens with zero attached hydrogens (tertiary/aromatic N) is 2. The summed E-state index contributed by atoms with van der Waals surface area (Å²) in [7, 11) is 0. The third-order valence-corrected chi connectivity index (χ3v) is 6.48. The molecule has 0 bridgehead atoms. The standard InChI is InChI=1S/C25H26N4O2/c1-3-21-22-15-27-10-7-23(22)29-24(21)11-16(1)17-2-4-25(28-14-17)31-20-12-19(13-20)30-18-5-8-26-9-6-18/h1-4,7,10-11,14-15,18-20,26,29H,5-6,8-9,12-13H2. The Morgan fingerprint density at radius 2 is 1.68 bits per heavy atom. The number of aromatic nitrogens is 3.